The molecule has 2 rings (SSSR count). The first-order valence-corrected chi connectivity index (χ1v) is 7.05. The fourth-order valence-electron chi connectivity index (χ4n) is 1.80. The molecule has 0 atom stereocenters. The summed E-state index contributed by atoms with van der Waals surface area (Å²) in [6.45, 7) is 0.536. The third-order valence-corrected chi connectivity index (χ3v) is 3.74. The summed E-state index contributed by atoms with van der Waals surface area (Å²) in [7, 11) is 0. The average molecular weight is 363 g/mol. The lowest BCUT2D eigenvalue weighted by Crippen LogP contribution is -2.09. The quantitative estimate of drug-likeness (QED) is 0.870. The number of benzene rings is 1. The van der Waals surface area contributed by atoms with Gasteiger partial charge < -0.3 is 9.67 Å². The lowest BCUT2D eigenvalue weighted by Gasteiger charge is -2.08. The van der Waals surface area contributed by atoms with Crippen LogP contribution in [0.25, 0.3) is 0 Å². The average Bonchev–Trinajstić information content (AvgIpc) is 2.69. The summed E-state index contributed by atoms with van der Waals surface area (Å²) in [5, 5.41) is 10.3. The lowest BCUT2D eigenvalue weighted by atomic mass is 10.1. The maximum absolute atomic E-state index is 11.1. The molecule has 0 saturated heterocycles. The number of hydrogen-bond acceptors (Lipinski definition) is 1. The van der Waals surface area contributed by atoms with Gasteiger partial charge in [0.15, 0.2) is 0 Å². The van der Waals surface area contributed by atoms with Gasteiger partial charge in [-0.15, -0.1) is 0 Å². The predicted molar refractivity (Wildman–Crippen MR) is 79.3 cm³/mol. The highest BCUT2D eigenvalue weighted by Crippen LogP contribution is 2.22. The molecular formula is C13H10BrCl2NO2. The zero-order chi connectivity index (χ0) is 14.0. The number of halogens is 3. The molecule has 0 amide bonds. The first-order chi connectivity index (χ1) is 8.97. The largest absolute Gasteiger partial charge is 0.477 e. The van der Waals surface area contributed by atoms with Crippen molar-refractivity contribution in [1.29, 1.82) is 0 Å². The Morgan fingerprint density at radius 2 is 2.05 bits per heavy atom. The third-order valence-electron chi connectivity index (χ3n) is 2.72. The highest BCUT2D eigenvalue weighted by molar-refractivity contribution is 9.10. The minimum absolute atomic E-state index is 0.247. The van der Waals surface area contributed by atoms with Crippen molar-refractivity contribution in [1.82, 2.24) is 4.57 Å². The molecule has 0 aliphatic heterocycles. The minimum atomic E-state index is -0.951. The summed E-state index contributed by atoms with van der Waals surface area (Å²) in [4.78, 5) is 11.1. The molecular weight excluding hydrogens is 353 g/mol. The number of aromatic nitrogens is 1. The molecule has 1 N–H and O–H groups in total. The van der Waals surface area contributed by atoms with Crippen molar-refractivity contribution in [2.45, 2.75) is 13.0 Å². The number of rotatable bonds is 4. The van der Waals surface area contributed by atoms with E-state index in [0.717, 1.165) is 10.0 Å². The number of carbonyl (C=O) groups is 1. The molecule has 3 nitrogen and oxygen atoms in total. The van der Waals surface area contributed by atoms with Gasteiger partial charge in [0.05, 0.1) is 0 Å². The number of nitrogens with zero attached hydrogens (tertiary/aromatic N) is 1. The van der Waals surface area contributed by atoms with Crippen LogP contribution in [0.1, 0.15) is 16.1 Å². The Labute approximate surface area is 128 Å². The minimum Gasteiger partial charge on any atom is -0.477 e. The van der Waals surface area contributed by atoms with Crippen LogP contribution in [0, 0.1) is 0 Å². The summed E-state index contributed by atoms with van der Waals surface area (Å²) in [6.07, 6.45) is 2.38. The van der Waals surface area contributed by atoms with E-state index in [1.165, 1.54) is 0 Å². The van der Waals surface area contributed by atoms with Gasteiger partial charge in [-0.25, -0.2) is 4.79 Å². The van der Waals surface area contributed by atoms with Crippen LogP contribution in [-0.2, 0) is 13.0 Å². The van der Waals surface area contributed by atoms with Crippen molar-refractivity contribution in [3.8, 4) is 0 Å². The summed E-state index contributed by atoms with van der Waals surface area (Å²) < 4.78 is 2.42. The molecule has 2 aromatic rings. The Morgan fingerprint density at radius 1 is 1.32 bits per heavy atom. The number of aromatic carboxylic acids is 1. The molecule has 1 aromatic carbocycles. The van der Waals surface area contributed by atoms with E-state index in [4.69, 9.17) is 28.3 Å². The van der Waals surface area contributed by atoms with Crippen molar-refractivity contribution >= 4 is 45.1 Å². The second-order valence-electron chi connectivity index (χ2n) is 4.03. The zero-order valence-corrected chi connectivity index (χ0v) is 12.8. The van der Waals surface area contributed by atoms with E-state index in [2.05, 4.69) is 15.9 Å². The van der Waals surface area contributed by atoms with E-state index >= 15 is 0 Å². The highest BCUT2D eigenvalue weighted by atomic mass is 79.9. The molecule has 0 aliphatic carbocycles. The van der Waals surface area contributed by atoms with E-state index in [0.29, 0.717) is 23.0 Å². The molecule has 19 heavy (non-hydrogen) atoms. The fourth-order valence-corrected chi connectivity index (χ4v) is 2.77. The summed E-state index contributed by atoms with van der Waals surface area (Å²) >= 11 is 15.2. The predicted octanol–water partition coefficient (Wildman–Crippen LogP) is 4.50. The summed E-state index contributed by atoms with van der Waals surface area (Å²) in [6, 6.07) is 6.88. The monoisotopic (exact) mass is 361 g/mol. The zero-order valence-electron chi connectivity index (χ0n) is 9.74. The van der Waals surface area contributed by atoms with Crippen LogP contribution < -0.4 is 0 Å². The number of aryl methyl sites for hydroxylation is 2. The SMILES string of the molecule is O=C(O)c1cc(Br)cn1CCc1ccc(Cl)cc1Cl. The van der Waals surface area contributed by atoms with Crippen molar-refractivity contribution in [3.05, 3.63) is 56.2 Å². The van der Waals surface area contributed by atoms with Gasteiger partial charge in [-0.3, -0.25) is 0 Å². The van der Waals surface area contributed by atoms with Crippen LogP contribution in [-0.4, -0.2) is 15.6 Å². The Balaban J connectivity index is 2.16. The molecule has 100 valence electrons. The Morgan fingerprint density at radius 3 is 2.68 bits per heavy atom. The first-order valence-electron chi connectivity index (χ1n) is 5.50. The fraction of sp³-hybridized carbons (Fsp3) is 0.154. The number of carboxylic acid groups (broad SMARTS) is 1. The van der Waals surface area contributed by atoms with Crippen LogP contribution in [0.5, 0.6) is 0 Å². The molecule has 6 heteroatoms. The van der Waals surface area contributed by atoms with Crippen LogP contribution >= 0.6 is 39.1 Å². The normalized spacial score (nSPS) is 10.7. The van der Waals surface area contributed by atoms with Gasteiger partial charge in [0.2, 0.25) is 0 Å². The number of hydrogen-bond donors (Lipinski definition) is 1. The maximum Gasteiger partial charge on any atom is 0.352 e. The molecule has 0 aliphatic rings. The van der Waals surface area contributed by atoms with Crippen LogP contribution in [0.15, 0.2) is 34.9 Å². The van der Waals surface area contributed by atoms with Crippen molar-refractivity contribution in [2.24, 2.45) is 0 Å². The molecule has 0 spiro atoms. The summed E-state index contributed by atoms with van der Waals surface area (Å²) in [5.74, 6) is -0.951. The van der Waals surface area contributed by atoms with Crippen molar-refractivity contribution in [2.75, 3.05) is 0 Å². The first kappa shape index (κ1) is 14.4. The van der Waals surface area contributed by atoms with Gasteiger partial charge in [-0.1, -0.05) is 29.3 Å². The Bertz CT molecular complexity index is 625. The van der Waals surface area contributed by atoms with Gasteiger partial charge in [-0.2, -0.15) is 0 Å². The number of carboxylic acids is 1. The molecule has 0 saturated carbocycles. The standard InChI is InChI=1S/C13H10BrCl2NO2/c14-9-5-12(13(18)19)17(7-9)4-3-8-1-2-10(15)6-11(8)16/h1-2,5-7H,3-4H2,(H,18,19). The van der Waals surface area contributed by atoms with E-state index < -0.39 is 5.97 Å². The Hall–Kier alpha value is -0.970. The van der Waals surface area contributed by atoms with Crippen LogP contribution in [0.3, 0.4) is 0 Å². The molecule has 0 bridgehead atoms. The van der Waals surface area contributed by atoms with E-state index in [1.54, 1.807) is 29.0 Å². The van der Waals surface area contributed by atoms with Crippen LogP contribution in [0.2, 0.25) is 10.0 Å². The highest BCUT2D eigenvalue weighted by Gasteiger charge is 2.11. The third kappa shape index (κ3) is 3.53. The van der Waals surface area contributed by atoms with E-state index in [9.17, 15) is 4.79 Å². The van der Waals surface area contributed by atoms with Crippen LogP contribution in [0.4, 0.5) is 0 Å². The molecule has 0 unspecified atom stereocenters. The molecule has 1 aromatic heterocycles. The molecule has 0 fully saturated rings. The Kier molecular flexibility index (Phi) is 4.55. The lowest BCUT2D eigenvalue weighted by molar-refractivity contribution is 0.0685. The van der Waals surface area contributed by atoms with E-state index in [-0.39, 0.29) is 5.69 Å². The second-order valence-corrected chi connectivity index (χ2v) is 5.79. The van der Waals surface area contributed by atoms with Gasteiger partial charge in [0, 0.05) is 27.3 Å². The topological polar surface area (TPSA) is 42.2 Å². The van der Waals surface area contributed by atoms with Crippen molar-refractivity contribution < 1.29 is 9.90 Å². The molecule has 0 radical (unpaired) electrons. The smallest absolute Gasteiger partial charge is 0.352 e. The van der Waals surface area contributed by atoms with Crippen molar-refractivity contribution in [3.63, 3.8) is 0 Å². The maximum atomic E-state index is 11.1. The van der Waals surface area contributed by atoms with Gasteiger partial charge in [0.25, 0.3) is 0 Å². The summed E-state index contributed by atoms with van der Waals surface area (Å²) in [5.41, 5.74) is 1.18. The van der Waals surface area contributed by atoms with Gasteiger partial charge >= 0.3 is 5.97 Å². The van der Waals surface area contributed by atoms with Gasteiger partial charge in [0.1, 0.15) is 5.69 Å². The second kappa shape index (κ2) is 5.99. The van der Waals surface area contributed by atoms with E-state index in [1.807, 2.05) is 6.07 Å². The van der Waals surface area contributed by atoms with Gasteiger partial charge in [-0.05, 0) is 46.1 Å². The molecule has 1 heterocycles.